The van der Waals surface area contributed by atoms with Gasteiger partial charge in [0.2, 0.25) is 7.59 Å². The van der Waals surface area contributed by atoms with Crippen molar-refractivity contribution < 1.29 is 79.4 Å². The molecule has 0 aliphatic carbocycles. The van der Waals surface area contributed by atoms with E-state index in [-0.39, 0.29) is 23.0 Å². The Morgan fingerprint density at radius 3 is 1.38 bits per heavy atom. The van der Waals surface area contributed by atoms with E-state index in [1.807, 2.05) is 0 Å². The van der Waals surface area contributed by atoms with E-state index in [1.54, 1.807) is 0 Å². The molecule has 0 saturated carbocycles. The van der Waals surface area contributed by atoms with Gasteiger partial charge in [-0.15, -0.1) is 0 Å². The molecule has 0 unspecified atom stereocenters. The van der Waals surface area contributed by atoms with E-state index < -0.39 is 74.0 Å². The summed E-state index contributed by atoms with van der Waals surface area (Å²) >= 11 is 35.1. The molecule has 3 rings (SSSR count). The lowest BCUT2D eigenvalue weighted by Crippen LogP contribution is -2.74. The van der Waals surface area contributed by atoms with Gasteiger partial charge < -0.3 is 4.74 Å². The first-order valence-electron chi connectivity index (χ1n) is 14.1. The van der Waals surface area contributed by atoms with Gasteiger partial charge in [0.25, 0.3) is 0 Å². The number of nitrogens with zero attached hydrogens (tertiary/aromatic N) is 3. The Morgan fingerprint density at radius 2 is 0.929 bits per heavy atom. The Bertz CT molecular complexity index is 1870. The molecule has 0 amide bonds. The average molecular weight is 956 g/mol. The zero-order chi connectivity index (χ0) is 43.4. The average Bonchev–Trinajstić information content (AvgIpc) is 3.05. The fraction of sp³-hybridized carbons (Fsp3) is 0.414. The maximum absolute atomic E-state index is 14.2. The molecule has 0 aliphatic rings. The van der Waals surface area contributed by atoms with Crippen LogP contribution in [0.4, 0.5) is 74.6 Å². The minimum absolute atomic E-state index is 0.0890. The fourth-order valence-corrected chi connectivity index (χ4v) is 4.56. The molecule has 0 N–H and O–H groups in total. The van der Waals surface area contributed by atoms with Crippen LogP contribution in [0, 0.1) is 0 Å². The molecule has 0 radical (unpaired) electrons. The van der Waals surface area contributed by atoms with Crippen LogP contribution in [0.2, 0.25) is 0 Å². The molecule has 0 aliphatic heterocycles. The second-order valence-corrected chi connectivity index (χ2v) is 15.6. The summed E-state index contributed by atoms with van der Waals surface area (Å²) < 4.78 is 230. The summed E-state index contributed by atoms with van der Waals surface area (Å²) in [6.45, 7) is -1.80. The second-order valence-electron chi connectivity index (χ2n) is 11.1. The van der Waals surface area contributed by atoms with E-state index in [2.05, 4.69) is 15.0 Å². The molecule has 2 aromatic carbocycles. The maximum atomic E-state index is 14.2. The monoisotopic (exact) mass is 953 g/mol. The van der Waals surface area contributed by atoms with Gasteiger partial charge in [-0.3, -0.25) is 0 Å². The third-order valence-corrected chi connectivity index (χ3v) is 8.12. The Labute approximate surface area is 331 Å². The van der Waals surface area contributed by atoms with Crippen LogP contribution in [0.25, 0.3) is 23.5 Å². The third-order valence-electron chi connectivity index (χ3n) is 7.11. The molecular formula is C29H14Cl6F17N3O. The Morgan fingerprint density at radius 1 is 0.500 bits per heavy atom. The van der Waals surface area contributed by atoms with Crippen molar-refractivity contribution in [3.05, 3.63) is 71.3 Å². The summed E-state index contributed by atoms with van der Waals surface area (Å²) in [7, 11) is 0. The van der Waals surface area contributed by atoms with Crippen molar-refractivity contribution in [3.8, 4) is 17.1 Å². The number of hydrogen-bond donors (Lipinski definition) is 0. The maximum Gasteiger partial charge on any atom is 0.460 e. The highest BCUT2D eigenvalue weighted by molar-refractivity contribution is 6.67. The van der Waals surface area contributed by atoms with E-state index in [0.29, 0.717) is 11.1 Å². The molecule has 4 nitrogen and oxygen atoms in total. The van der Waals surface area contributed by atoms with E-state index in [1.165, 1.54) is 48.6 Å². The molecule has 1 heterocycles. The van der Waals surface area contributed by atoms with Crippen LogP contribution in [0.1, 0.15) is 29.2 Å². The smallest absolute Gasteiger partial charge is 0.460 e. The van der Waals surface area contributed by atoms with Crippen molar-refractivity contribution in [1.29, 1.82) is 0 Å². The van der Waals surface area contributed by atoms with Crippen LogP contribution >= 0.6 is 69.6 Å². The van der Waals surface area contributed by atoms with Gasteiger partial charge in [-0.1, -0.05) is 118 Å². The van der Waals surface area contributed by atoms with Gasteiger partial charge in [0.1, 0.15) is 5.75 Å². The summed E-state index contributed by atoms with van der Waals surface area (Å²) in [5.41, 5.74) is 0.914. The van der Waals surface area contributed by atoms with Gasteiger partial charge in [-0.05, 0) is 23.3 Å². The Balaban J connectivity index is 1.77. The van der Waals surface area contributed by atoms with Crippen molar-refractivity contribution in [3.63, 3.8) is 0 Å². The molecule has 1 aromatic heterocycles. The predicted octanol–water partition coefficient (Wildman–Crippen LogP) is 13.1. The number of hydrogen-bond acceptors (Lipinski definition) is 4. The van der Waals surface area contributed by atoms with Crippen molar-refractivity contribution in [2.75, 3.05) is 6.61 Å². The summed E-state index contributed by atoms with van der Waals surface area (Å²) in [6.07, 6.45) is -7.80. The molecular weight excluding hydrogens is 942 g/mol. The van der Waals surface area contributed by atoms with Crippen molar-refractivity contribution in [2.24, 2.45) is 0 Å². The second kappa shape index (κ2) is 15.6. The molecule has 3 aromatic rings. The molecule has 312 valence electrons. The number of alkyl halides is 23. The highest BCUT2D eigenvalue weighted by Gasteiger charge is 2.95. The summed E-state index contributed by atoms with van der Waals surface area (Å²) in [5, 5.41) is 0. The predicted molar refractivity (Wildman–Crippen MR) is 170 cm³/mol. The molecule has 0 saturated heterocycles. The van der Waals surface area contributed by atoms with Crippen molar-refractivity contribution in [1.82, 2.24) is 15.0 Å². The third kappa shape index (κ3) is 9.06. The van der Waals surface area contributed by atoms with Gasteiger partial charge in [0.15, 0.2) is 17.5 Å². The number of ether oxygens (including phenoxy) is 1. The zero-order valence-corrected chi connectivity index (χ0v) is 30.7. The van der Waals surface area contributed by atoms with Crippen LogP contribution in [0.15, 0.2) is 48.5 Å². The standard InChI is InChI=1S/C29H14Cl6F17N3O/c30-21(31,32)18-53-17(54-19(55-18)22(33,34)35)15-8-6-13(7-9-15)4-5-14-2-1-3-16(12-14)56-11-10-20(36,37)23(38,39)24(40,41)25(42,43)26(44,45)27(46,47)28(48,49)29(50,51)52/h1-9,12H,10-11H2/b5-4+. The Kier molecular flexibility index (Phi) is 13.4. The number of benzene rings is 2. The van der Waals surface area contributed by atoms with Crippen molar-refractivity contribution >= 4 is 81.8 Å². The van der Waals surface area contributed by atoms with Crippen LogP contribution in [-0.4, -0.2) is 69.2 Å². The van der Waals surface area contributed by atoms with Crippen molar-refractivity contribution in [2.45, 2.75) is 61.6 Å². The first-order valence-corrected chi connectivity index (χ1v) is 16.4. The molecule has 56 heavy (non-hydrogen) atoms. The highest BCUT2D eigenvalue weighted by Crippen LogP contribution is 2.64. The molecule has 27 heteroatoms. The minimum Gasteiger partial charge on any atom is -0.493 e. The van der Waals surface area contributed by atoms with Gasteiger partial charge in [0, 0.05) is 5.56 Å². The number of aromatic nitrogens is 3. The quantitative estimate of drug-likeness (QED) is 0.0973. The summed E-state index contributed by atoms with van der Waals surface area (Å²) in [5.74, 6) is -58.2. The zero-order valence-electron chi connectivity index (χ0n) is 26.1. The first-order chi connectivity index (χ1) is 25.0. The van der Waals surface area contributed by atoms with Gasteiger partial charge >= 0.3 is 47.6 Å². The largest absolute Gasteiger partial charge is 0.493 e. The topological polar surface area (TPSA) is 47.9 Å². The van der Waals surface area contributed by atoms with Crippen LogP contribution in [0.5, 0.6) is 5.75 Å². The molecule has 0 bridgehead atoms. The van der Waals surface area contributed by atoms with E-state index in [4.69, 9.17) is 74.3 Å². The lowest BCUT2D eigenvalue weighted by Gasteiger charge is -2.42. The number of rotatable bonds is 13. The number of halogens is 23. The van der Waals surface area contributed by atoms with Gasteiger partial charge in [-0.25, -0.2) is 15.0 Å². The normalized spacial score (nSPS) is 14.8. The lowest BCUT2D eigenvalue weighted by atomic mass is 9.88. The van der Waals surface area contributed by atoms with Gasteiger partial charge in [-0.2, -0.15) is 74.6 Å². The SMILES string of the molecule is FC(F)(F)C(F)(F)C(F)(F)C(F)(F)C(F)(F)C(F)(F)C(F)(F)C(F)(F)CCOc1cccc(/C=C/c2ccc(-c3nc(C(Cl)(Cl)Cl)nc(C(Cl)(Cl)Cl)n3)cc2)c1. The fourth-order valence-electron chi connectivity index (χ4n) is 4.05. The molecule has 0 fully saturated rings. The van der Waals surface area contributed by atoms with E-state index in [0.717, 1.165) is 12.1 Å². The minimum atomic E-state index is -8.70. The Hall–Kier alpha value is -2.46. The summed E-state index contributed by atoms with van der Waals surface area (Å²) in [4.78, 5) is 11.9. The van der Waals surface area contributed by atoms with Crippen LogP contribution < -0.4 is 4.74 Å². The molecule has 0 spiro atoms. The van der Waals surface area contributed by atoms with Crippen LogP contribution in [0.3, 0.4) is 0 Å². The lowest BCUT2D eigenvalue weighted by molar-refractivity contribution is -0.461. The highest BCUT2D eigenvalue weighted by atomic mass is 35.6. The first kappa shape index (κ1) is 47.9. The van der Waals surface area contributed by atoms with E-state index in [9.17, 15) is 74.6 Å². The molecule has 0 atom stereocenters. The van der Waals surface area contributed by atoms with Gasteiger partial charge in [0.05, 0.1) is 13.0 Å². The summed E-state index contributed by atoms with van der Waals surface area (Å²) in [6, 6.07) is 10.4. The van der Waals surface area contributed by atoms with E-state index >= 15 is 0 Å². The van der Waals surface area contributed by atoms with Crippen LogP contribution in [-0.2, 0) is 7.59 Å².